The number of nitrogens with zero attached hydrogens (tertiary/aromatic N) is 2. The second-order valence-corrected chi connectivity index (χ2v) is 12.5. The number of ether oxygens (including phenoxy) is 2. The maximum absolute atomic E-state index is 14.0. The van der Waals surface area contributed by atoms with Crippen LogP contribution in [0.5, 0.6) is 11.5 Å². The Bertz CT molecular complexity index is 1520. The fourth-order valence-electron chi connectivity index (χ4n) is 4.26. The van der Waals surface area contributed by atoms with E-state index in [9.17, 15) is 18.0 Å². The van der Waals surface area contributed by atoms with Crippen LogP contribution in [-0.4, -0.2) is 57.0 Å². The molecule has 1 N–H and O–H groups in total. The summed E-state index contributed by atoms with van der Waals surface area (Å²) in [6, 6.07) is 16.2. The standard InChI is InChI=1S/C29H31Cl2N3O6S/c1-19(2)32-29(36)20(3)33(17-21-9-10-22(30)15-25(21)31)28(35)18-34(41(37,38)24-7-5-4-6-8-24)23-11-12-26-27(16-23)40-14-13-39-26/h4-12,15-16,19-20H,13-14,17-18H2,1-3H3,(H,32,36). The van der Waals surface area contributed by atoms with Gasteiger partial charge in [-0.15, -0.1) is 0 Å². The van der Waals surface area contributed by atoms with Gasteiger partial charge in [-0.2, -0.15) is 0 Å². The minimum atomic E-state index is -4.22. The fourth-order valence-corrected chi connectivity index (χ4v) is 6.15. The number of carbonyl (C=O) groups is 2. The Morgan fingerprint density at radius 3 is 2.27 bits per heavy atom. The molecule has 0 aliphatic carbocycles. The number of hydrogen-bond acceptors (Lipinski definition) is 6. The molecule has 12 heteroatoms. The highest BCUT2D eigenvalue weighted by Gasteiger charge is 2.33. The van der Waals surface area contributed by atoms with E-state index < -0.39 is 34.4 Å². The molecule has 41 heavy (non-hydrogen) atoms. The zero-order valence-electron chi connectivity index (χ0n) is 22.8. The first-order valence-electron chi connectivity index (χ1n) is 13.0. The van der Waals surface area contributed by atoms with Crippen LogP contribution in [0.3, 0.4) is 0 Å². The first kappa shape index (κ1) is 30.5. The molecule has 2 amide bonds. The van der Waals surface area contributed by atoms with E-state index in [1.54, 1.807) is 55.5 Å². The lowest BCUT2D eigenvalue weighted by molar-refractivity contribution is -0.139. The summed E-state index contributed by atoms with van der Waals surface area (Å²) in [5.74, 6) is -0.169. The highest BCUT2D eigenvalue weighted by molar-refractivity contribution is 7.92. The number of fused-ring (bicyclic) bond motifs is 1. The van der Waals surface area contributed by atoms with E-state index >= 15 is 0 Å². The SMILES string of the molecule is CC(C)NC(=O)C(C)N(Cc1ccc(Cl)cc1Cl)C(=O)CN(c1ccc2c(c1)OCCO2)S(=O)(=O)c1ccccc1. The van der Waals surface area contributed by atoms with Crippen LogP contribution in [-0.2, 0) is 26.2 Å². The van der Waals surface area contributed by atoms with Crippen LogP contribution in [0.2, 0.25) is 10.0 Å². The predicted molar refractivity (Wildman–Crippen MR) is 158 cm³/mol. The van der Waals surface area contributed by atoms with Gasteiger partial charge in [0.1, 0.15) is 25.8 Å². The number of carbonyl (C=O) groups excluding carboxylic acids is 2. The van der Waals surface area contributed by atoms with Crippen molar-refractivity contribution < 1.29 is 27.5 Å². The van der Waals surface area contributed by atoms with Crippen molar-refractivity contribution in [3.05, 3.63) is 82.3 Å². The van der Waals surface area contributed by atoms with E-state index in [1.807, 2.05) is 13.8 Å². The van der Waals surface area contributed by atoms with Crippen molar-refractivity contribution in [2.75, 3.05) is 24.1 Å². The molecular formula is C29H31Cl2N3O6S. The van der Waals surface area contributed by atoms with Crippen molar-refractivity contribution in [1.29, 1.82) is 0 Å². The van der Waals surface area contributed by atoms with Crippen LogP contribution in [0.25, 0.3) is 0 Å². The molecule has 3 aromatic carbocycles. The average molecular weight is 621 g/mol. The highest BCUT2D eigenvalue weighted by Crippen LogP contribution is 2.36. The van der Waals surface area contributed by atoms with Crippen LogP contribution in [0.15, 0.2) is 71.6 Å². The largest absolute Gasteiger partial charge is 0.486 e. The van der Waals surface area contributed by atoms with Gasteiger partial charge in [-0.3, -0.25) is 13.9 Å². The lowest BCUT2D eigenvalue weighted by Crippen LogP contribution is -2.52. The Balaban J connectivity index is 1.75. The lowest BCUT2D eigenvalue weighted by atomic mass is 10.1. The molecule has 1 atom stereocenters. The zero-order valence-corrected chi connectivity index (χ0v) is 25.2. The van der Waals surface area contributed by atoms with Crippen molar-refractivity contribution >= 4 is 50.7 Å². The molecule has 1 heterocycles. The first-order chi connectivity index (χ1) is 19.5. The number of rotatable bonds is 10. The van der Waals surface area contributed by atoms with Gasteiger partial charge in [-0.1, -0.05) is 47.5 Å². The minimum Gasteiger partial charge on any atom is -0.486 e. The topological polar surface area (TPSA) is 105 Å². The number of amides is 2. The Morgan fingerprint density at radius 1 is 0.927 bits per heavy atom. The molecule has 1 aliphatic rings. The molecule has 9 nitrogen and oxygen atoms in total. The summed E-state index contributed by atoms with van der Waals surface area (Å²) in [7, 11) is -4.22. The molecular weight excluding hydrogens is 589 g/mol. The molecule has 0 saturated carbocycles. The Labute approximate surface area is 250 Å². The number of nitrogens with one attached hydrogen (secondary N) is 1. The molecule has 0 radical (unpaired) electrons. The molecule has 0 saturated heterocycles. The van der Waals surface area contributed by atoms with Crippen LogP contribution < -0.4 is 19.1 Å². The second-order valence-electron chi connectivity index (χ2n) is 9.75. The van der Waals surface area contributed by atoms with E-state index in [4.69, 9.17) is 32.7 Å². The monoisotopic (exact) mass is 619 g/mol. The van der Waals surface area contributed by atoms with E-state index in [0.29, 0.717) is 40.3 Å². The molecule has 0 spiro atoms. The second kappa shape index (κ2) is 13.0. The quantitative estimate of drug-likeness (QED) is 0.346. The van der Waals surface area contributed by atoms with E-state index in [2.05, 4.69) is 5.32 Å². The molecule has 0 fully saturated rings. The summed E-state index contributed by atoms with van der Waals surface area (Å²) in [5, 5.41) is 3.54. The number of benzene rings is 3. The van der Waals surface area contributed by atoms with Gasteiger partial charge in [0, 0.05) is 28.7 Å². The van der Waals surface area contributed by atoms with Crippen molar-refractivity contribution in [2.45, 2.75) is 44.3 Å². The Morgan fingerprint density at radius 2 is 1.61 bits per heavy atom. The summed E-state index contributed by atoms with van der Waals surface area (Å²) < 4.78 is 40.1. The van der Waals surface area contributed by atoms with Crippen LogP contribution >= 0.6 is 23.2 Å². The summed E-state index contributed by atoms with van der Waals surface area (Å²) >= 11 is 12.5. The van der Waals surface area contributed by atoms with Gasteiger partial charge < -0.3 is 19.7 Å². The number of anilines is 1. The van der Waals surface area contributed by atoms with Gasteiger partial charge in [0.2, 0.25) is 11.8 Å². The molecule has 3 aromatic rings. The van der Waals surface area contributed by atoms with Gasteiger partial charge in [0.15, 0.2) is 11.5 Å². The third kappa shape index (κ3) is 7.25. The zero-order chi connectivity index (χ0) is 29.7. The van der Waals surface area contributed by atoms with E-state index in [1.165, 1.54) is 23.1 Å². The van der Waals surface area contributed by atoms with E-state index in [0.717, 1.165) is 4.31 Å². The van der Waals surface area contributed by atoms with Gasteiger partial charge in [-0.05, 0) is 62.7 Å². The average Bonchev–Trinajstić information content (AvgIpc) is 2.94. The van der Waals surface area contributed by atoms with Crippen molar-refractivity contribution in [3.8, 4) is 11.5 Å². The van der Waals surface area contributed by atoms with Gasteiger partial charge in [0.05, 0.1) is 10.6 Å². The van der Waals surface area contributed by atoms with Crippen molar-refractivity contribution in [2.24, 2.45) is 0 Å². The van der Waals surface area contributed by atoms with Gasteiger partial charge in [0.25, 0.3) is 10.0 Å². The minimum absolute atomic E-state index is 0.000541. The summed E-state index contributed by atoms with van der Waals surface area (Å²) in [5.41, 5.74) is 0.751. The summed E-state index contributed by atoms with van der Waals surface area (Å²) in [4.78, 5) is 28.4. The number of sulfonamides is 1. The molecule has 4 rings (SSSR count). The molecule has 1 unspecified atom stereocenters. The first-order valence-corrected chi connectivity index (χ1v) is 15.2. The Hall–Kier alpha value is -3.47. The van der Waals surface area contributed by atoms with Crippen LogP contribution in [0.4, 0.5) is 5.69 Å². The smallest absolute Gasteiger partial charge is 0.264 e. The third-order valence-electron chi connectivity index (χ3n) is 6.38. The fraction of sp³-hybridized carbons (Fsp3) is 0.310. The highest BCUT2D eigenvalue weighted by atomic mass is 35.5. The van der Waals surface area contributed by atoms with Crippen molar-refractivity contribution in [1.82, 2.24) is 10.2 Å². The van der Waals surface area contributed by atoms with Crippen LogP contribution in [0.1, 0.15) is 26.3 Å². The normalized spacial score (nSPS) is 13.4. The van der Waals surface area contributed by atoms with Crippen LogP contribution in [0, 0.1) is 0 Å². The molecule has 1 aliphatic heterocycles. The third-order valence-corrected chi connectivity index (χ3v) is 8.75. The maximum Gasteiger partial charge on any atom is 0.264 e. The number of hydrogen-bond donors (Lipinski definition) is 1. The van der Waals surface area contributed by atoms with E-state index in [-0.39, 0.29) is 23.2 Å². The number of halogens is 2. The molecule has 0 bridgehead atoms. The molecule has 218 valence electrons. The predicted octanol–water partition coefficient (Wildman–Crippen LogP) is 4.90. The molecule has 0 aromatic heterocycles. The lowest BCUT2D eigenvalue weighted by Gasteiger charge is -2.32. The maximum atomic E-state index is 14.0. The van der Waals surface area contributed by atoms with Gasteiger partial charge >= 0.3 is 0 Å². The Kier molecular flexibility index (Phi) is 9.68. The summed E-state index contributed by atoms with van der Waals surface area (Å²) in [6.45, 7) is 5.23. The van der Waals surface area contributed by atoms with Gasteiger partial charge in [-0.25, -0.2) is 8.42 Å². The van der Waals surface area contributed by atoms with Crippen molar-refractivity contribution in [3.63, 3.8) is 0 Å². The summed E-state index contributed by atoms with van der Waals surface area (Å²) in [6.07, 6.45) is 0.